The Labute approximate surface area is 128 Å². The van der Waals surface area contributed by atoms with Crippen molar-refractivity contribution < 1.29 is 15.0 Å². The first-order chi connectivity index (χ1) is 10.7. The lowest BCUT2D eigenvalue weighted by atomic mass is 10.1. The first-order valence-corrected chi connectivity index (χ1v) is 7.37. The molecule has 0 spiro atoms. The van der Waals surface area contributed by atoms with Gasteiger partial charge in [-0.25, -0.2) is 9.48 Å². The van der Waals surface area contributed by atoms with Crippen LogP contribution in [-0.4, -0.2) is 50.6 Å². The van der Waals surface area contributed by atoms with Gasteiger partial charge in [0.2, 0.25) is 0 Å². The van der Waals surface area contributed by atoms with Gasteiger partial charge in [-0.15, -0.1) is 0 Å². The Morgan fingerprint density at radius 1 is 1.36 bits per heavy atom. The molecule has 1 aromatic carbocycles. The SMILES string of the molecule is O=C(O)c1ccccc1-n1cc(CN2CCC(CO)C2)cn1. The number of aliphatic hydroxyl groups excluding tert-OH is 1. The summed E-state index contributed by atoms with van der Waals surface area (Å²) in [5.41, 5.74) is 1.84. The molecule has 1 fully saturated rings. The number of rotatable bonds is 5. The molecule has 1 aromatic heterocycles. The van der Waals surface area contributed by atoms with Gasteiger partial charge in [-0.1, -0.05) is 12.1 Å². The van der Waals surface area contributed by atoms with Gasteiger partial charge in [-0.05, 0) is 31.0 Å². The van der Waals surface area contributed by atoms with Crippen molar-refractivity contribution in [2.75, 3.05) is 19.7 Å². The molecule has 1 saturated heterocycles. The summed E-state index contributed by atoms with van der Waals surface area (Å²) in [5, 5.41) is 22.7. The van der Waals surface area contributed by atoms with Crippen LogP contribution in [0.4, 0.5) is 0 Å². The first kappa shape index (κ1) is 14.7. The lowest BCUT2D eigenvalue weighted by molar-refractivity contribution is 0.0696. The van der Waals surface area contributed by atoms with Crippen LogP contribution >= 0.6 is 0 Å². The monoisotopic (exact) mass is 301 g/mol. The maximum Gasteiger partial charge on any atom is 0.337 e. The van der Waals surface area contributed by atoms with E-state index in [-0.39, 0.29) is 12.2 Å². The number of carboxylic acids is 1. The van der Waals surface area contributed by atoms with Crippen molar-refractivity contribution in [3.8, 4) is 5.69 Å². The topological polar surface area (TPSA) is 78.6 Å². The molecule has 6 heteroatoms. The van der Waals surface area contributed by atoms with E-state index < -0.39 is 5.97 Å². The molecule has 1 atom stereocenters. The lowest BCUT2D eigenvalue weighted by Crippen LogP contribution is -2.20. The fourth-order valence-electron chi connectivity index (χ4n) is 2.89. The number of aromatic nitrogens is 2. The molecule has 6 nitrogen and oxygen atoms in total. The van der Waals surface area contributed by atoms with Crippen molar-refractivity contribution in [2.24, 2.45) is 5.92 Å². The number of hydrogen-bond acceptors (Lipinski definition) is 4. The summed E-state index contributed by atoms with van der Waals surface area (Å²) in [6, 6.07) is 6.83. The Kier molecular flexibility index (Phi) is 4.22. The van der Waals surface area contributed by atoms with Gasteiger partial charge in [0.1, 0.15) is 0 Å². The van der Waals surface area contributed by atoms with Crippen LogP contribution in [0.3, 0.4) is 0 Å². The van der Waals surface area contributed by atoms with Gasteiger partial charge < -0.3 is 10.2 Å². The minimum atomic E-state index is -0.960. The second kappa shape index (κ2) is 6.29. The number of aromatic carboxylic acids is 1. The average Bonchev–Trinajstić information content (AvgIpc) is 3.17. The first-order valence-electron chi connectivity index (χ1n) is 7.37. The molecule has 0 saturated carbocycles. The predicted molar refractivity (Wildman–Crippen MR) is 81.0 cm³/mol. The highest BCUT2D eigenvalue weighted by molar-refractivity contribution is 5.91. The summed E-state index contributed by atoms with van der Waals surface area (Å²) in [6.07, 6.45) is 4.66. The van der Waals surface area contributed by atoms with Crippen molar-refractivity contribution >= 4 is 5.97 Å². The van der Waals surface area contributed by atoms with E-state index >= 15 is 0 Å². The van der Waals surface area contributed by atoms with Gasteiger partial charge in [0.15, 0.2) is 0 Å². The largest absolute Gasteiger partial charge is 0.478 e. The van der Waals surface area contributed by atoms with Gasteiger partial charge in [-0.3, -0.25) is 4.90 Å². The maximum absolute atomic E-state index is 11.3. The van der Waals surface area contributed by atoms with Crippen molar-refractivity contribution in [2.45, 2.75) is 13.0 Å². The Balaban J connectivity index is 1.76. The van der Waals surface area contributed by atoms with Crippen LogP contribution < -0.4 is 0 Å². The van der Waals surface area contributed by atoms with Crippen LogP contribution in [0.5, 0.6) is 0 Å². The number of nitrogens with zero attached hydrogens (tertiary/aromatic N) is 3. The molecule has 116 valence electrons. The molecule has 0 amide bonds. The molecule has 0 radical (unpaired) electrons. The molecule has 2 heterocycles. The van der Waals surface area contributed by atoms with Gasteiger partial charge in [0.05, 0.1) is 17.4 Å². The third-order valence-electron chi connectivity index (χ3n) is 4.05. The van der Waals surface area contributed by atoms with Crippen molar-refractivity contribution in [1.29, 1.82) is 0 Å². The van der Waals surface area contributed by atoms with E-state index in [1.807, 2.05) is 6.20 Å². The standard InChI is InChI=1S/C16H19N3O3/c20-11-12-5-6-18(8-12)9-13-7-17-19(10-13)15-4-2-1-3-14(15)16(21)22/h1-4,7,10,12,20H,5-6,8-9,11H2,(H,21,22). The molecule has 22 heavy (non-hydrogen) atoms. The molecule has 1 aliphatic heterocycles. The number of hydrogen-bond donors (Lipinski definition) is 2. The highest BCUT2D eigenvalue weighted by atomic mass is 16.4. The van der Waals surface area contributed by atoms with Crippen LogP contribution in [0.15, 0.2) is 36.7 Å². The zero-order valence-electron chi connectivity index (χ0n) is 12.2. The molecule has 0 bridgehead atoms. The van der Waals surface area contributed by atoms with Crippen molar-refractivity contribution in [3.63, 3.8) is 0 Å². The van der Waals surface area contributed by atoms with Crippen LogP contribution in [0.2, 0.25) is 0 Å². The van der Waals surface area contributed by atoms with Crippen molar-refractivity contribution in [3.05, 3.63) is 47.8 Å². The van der Waals surface area contributed by atoms with Crippen LogP contribution in [0, 0.1) is 5.92 Å². The Hall–Kier alpha value is -2.18. The summed E-state index contributed by atoms with van der Waals surface area (Å²) < 4.78 is 1.61. The van der Waals surface area contributed by atoms with E-state index in [2.05, 4.69) is 10.00 Å². The molecule has 0 aliphatic carbocycles. The fourth-order valence-corrected chi connectivity index (χ4v) is 2.89. The number of benzene rings is 1. The summed E-state index contributed by atoms with van der Waals surface area (Å²) in [7, 11) is 0. The number of likely N-dealkylation sites (tertiary alicyclic amines) is 1. The smallest absolute Gasteiger partial charge is 0.337 e. The Morgan fingerprint density at radius 2 is 2.18 bits per heavy atom. The van der Waals surface area contributed by atoms with E-state index in [1.54, 1.807) is 35.1 Å². The maximum atomic E-state index is 11.3. The minimum Gasteiger partial charge on any atom is -0.478 e. The third kappa shape index (κ3) is 3.03. The molecule has 1 unspecified atom stereocenters. The van der Waals surface area contributed by atoms with Gasteiger partial charge in [0.25, 0.3) is 0 Å². The molecule has 2 N–H and O–H groups in total. The fraction of sp³-hybridized carbons (Fsp3) is 0.375. The zero-order chi connectivity index (χ0) is 15.5. The quantitative estimate of drug-likeness (QED) is 0.872. The summed E-state index contributed by atoms with van der Waals surface area (Å²) in [6.45, 7) is 2.88. The van der Waals surface area contributed by atoms with Gasteiger partial charge >= 0.3 is 5.97 Å². The normalized spacial score (nSPS) is 18.7. The van der Waals surface area contributed by atoms with Crippen molar-refractivity contribution in [1.82, 2.24) is 14.7 Å². The lowest BCUT2D eigenvalue weighted by Gasteiger charge is -2.13. The Morgan fingerprint density at radius 3 is 2.91 bits per heavy atom. The summed E-state index contributed by atoms with van der Waals surface area (Å²) >= 11 is 0. The van der Waals surface area contributed by atoms with Gasteiger partial charge in [0, 0.05) is 31.5 Å². The number of aliphatic hydroxyl groups is 1. The van der Waals surface area contributed by atoms with E-state index in [0.717, 1.165) is 31.6 Å². The van der Waals surface area contributed by atoms with Crippen LogP contribution in [0.25, 0.3) is 5.69 Å². The highest BCUT2D eigenvalue weighted by Gasteiger charge is 2.22. The minimum absolute atomic E-state index is 0.235. The van der Waals surface area contributed by atoms with E-state index in [0.29, 0.717) is 11.6 Å². The van der Waals surface area contributed by atoms with E-state index in [9.17, 15) is 15.0 Å². The Bertz CT molecular complexity index is 668. The van der Waals surface area contributed by atoms with Crippen LogP contribution in [0.1, 0.15) is 22.3 Å². The molecular weight excluding hydrogens is 282 g/mol. The van der Waals surface area contributed by atoms with Gasteiger partial charge in [-0.2, -0.15) is 5.10 Å². The zero-order valence-corrected chi connectivity index (χ0v) is 12.2. The second-order valence-electron chi connectivity index (χ2n) is 5.69. The van der Waals surface area contributed by atoms with Crippen LogP contribution in [-0.2, 0) is 6.54 Å². The average molecular weight is 301 g/mol. The molecule has 2 aromatic rings. The second-order valence-corrected chi connectivity index (χ2v) is 5.69. The molecule has 3 rings (SSSR count). The summed E-state index contributed by atoms with van der Waals surface area (Å²) in [5.74, 6) is -0.597. The third-order valence-corrected chi connectivity index (χ3v) is 4.05. The predicted octanol–water partition coefficient (Wildman–Crippen LogP) is 1.38. The highest BCUT2D eigenvalue weighted by Crippen LogP contribution is 2.19. The number of carboxylic acid groups (broad SMARTS) is 1. The number of carbonyl (C=O) groups is 1. The number of para-hydroxylation sites is 1. The molecular formula is C16H19N3O3. The van der Waals surface area contributed by atoms with E-state index in [1.165, 1.54) is 0 Å². The molecule has 1 aliphatic rings. The summed E-state index contributed by atoms with van der Waals surface area (Å²) in [4.78, 5) is 13.6. The van der Waals surface area contributed by atoms with E-state index in [4.69, 9.17) is 0 Å².